The number of carbonyl (C=O) groups excluding carboxylic acids is 1. The Labute approximate surface area is 123 Å². The van der Waals surface area contributed by atoms with Crippen LogP contribution in [-0.2, 0) is 10.9 Å². The molecule has 0 bridgehead atoms. The maximum atomic E-state index is 12.6. The standard InChI is InChI=1S/C14H14F3N3O2/c15-14(16,17)13-19-10-4-3-8(6-11(10)20-13)12(21)18-7-9-2-1-5-22-9/h3-4,6,9H,1-2,5,7H2,(H,18,21)(H,19,20)/t9-/m0/s1. The van der Waals surface area contributed by atoms with Crippen LogP contribution in [0.25, 0.3) is 11.0 Å². The van der Waals surface area contributed by atoms with Gasteiger partial charge in [-0.25, -0.2) is 4.98 Å². The van der Waals surface area contributed by atoms with Crippen molar-refractivity contribution in [3.8, 4) is 0 Å². The quantitative estimate of drug-likeness (QED) is 0.915. The summed E-state index contributed by atoms with van der Waals surface area (Å²) in [5, 5.41) is 2.72. The minimum atomic E-state index is -4.54. The average Bonchev–Trinajstić information content (AvgIpc) is 3.12. The van der Waals surface area contributed by atoms with Crippen LogP contribution in [0, 0.1) is 0 Å². The maximum Gasteiger partial charge on any atom is 0.449 e. The lowest BCUT2D eigenvalue weighted by atomic mass is 10.2. The molecule has 0 spiro atoms. The highest BCUT2D eigenvalue weighted by Crippen LogP contribution is 2.28. The van der Waals surface area contributed by atoms with Crippen molar-refractivity contribution in [3.63, 3.8) is 0 Å². The van der Waals surface area contributed by atoms with Crippen LogP contribution in [0.15, 0.2) is 18.2 Å². The monoisotopic (exact) mass is 313 g/mol. The molecular weight excluding hydrogens is 299 g/mol. The Morgan fingerprint density at radius 1 is 1.45 bits per heavy atom. The first-order valence-corrected chi connectivity index (χ1v) is 6.90. The number of imidazole rings is 1. The highest BCUT2D eigenvalue weighted by Gasteiger charge is 2.34. The summed E-state index contributed by atoms with van der Waals surface area (Å²) < 4.78 is 43.2. The molecule has 2 N–H and O–H groups in total. The van der Waals surface area contributed by atoms with Gasteiger partial charge in [-0.3, -0.25) is 4.79 Å². The van der Waals surface area contributed by atoms with Gasteiger partial charge < -0.3 is 15.0 Å². The summed E-state index contributed by atoms with van der Waals surface area (Å²) in [5.41, 5.74) is 0.628. The molecule has 1 atom stereocenters. The first-order valence-electron chi connectivity index (χ1n) is 6.90. The number of halogens is 3. The number of ether oxygens (including phenoxy) is 1. The predicted molar refractivity (Wildman–Crippen MR) is 72.4 cm³/mol. The number of H-pyrrole nitrogens is 1. The Morgan fingerprint density at radius 3 is 2.95 bits per heavy atom. The van der Waals surface area contributed by atoms with Gasteiger partial charge in [-0.05, 0) is 31.0 Å². The van der Waals surface area contributed by atoms with Gasteiger partial charge in [-0.15, -0.1) is 0 Å². The van der Waals surface area contributed by atoms with Crippen molar-refractivity contribution in [2.24, 2.45) is 0 Å². The van der Waals surface area contributed by atoms with E-state index in [1.165, 1.54) is 18.2 Å². The number of aromatic nitrogens is 2. The van der Waals surface area contributed by atoms with Crippen molar-refractivity contribution in [1.29, 1.82) is 0 Å². The van der Waals surface area contributed by atoms with E-state index in [0.29, 0.717) is 13.2 Å². The third-order valence-corrected chi connectivity index (χ3v) is 3.53. The summed E-state index contributed by atoms with van der Waals surface area (Å²) in [6, 6.07) is 4.21. The van der Waals surface area contributed by atoms with E-state index >= 15 is 0 Å². The fraction of sp³-hybridized carbons (Fsp3) is 0.429. The van der Waals surface area contributed by atoms with Crippen molar-refractivity contribution >= 4 is 16.9 Å². The van der Waals surface area contributed by atoms with Crippen molar-refractivity contribution in [2.75, 3.05) is 13.2 Å². The van der Waals surface area contributed by atoms with E-state index in [9.17, 15) is 18.0 Å². The smallest absolute Gasteiger partial charge is 0.376 e. The molecule has 3 rings (SSSR count). The Balaban J connectivity index is 1.74. The zero-order valence-electron chi connectivity index (χ0n) is 11.5. The molecule has 22 heavy (non-hydrogen) atoms. The van der Waals surface area contributed by atoms with Gasteiger partial charge in [-0.2, -0.15) is 13.2 Å². The molecular formula is C14H14F3N3O2. The maximum absolute atomic E-state index is 12.6. The van der Waals surface area contributed by atoms with E-state index < -0.39 is 12.0 Å². The number of benzene rings is 1. The number of hydrogen-bond donors (Lipinski definition) is 2. The molecule has 8 heteroatoms. The molecule has 0 saturated carbocycles. The van der Waals surface area contributed by atoms with Gasteiger partial charge in [0.1, 0.15) is 0 Å². The van der Waals surface area contributed by atoms with E-state index in [4.69, 9.17) is 4.74 Å². The number of rotatable bonds is 3. The fourth-order valence-electron chi connectivity index (χ4n) is 2.40. The largest absolute Gasteiger partial charge is 0.449 e. The fourth-order valence-corrected chi connectivity index (χ4v) is 2.40. The van der Waals surface area contributed by atoms with Gasteiger partial charge in [0, 0.05) is 18.7 Å². The summed E-state index contributed by atoms with van der Waals surface area (Å²) in [6.07, 6.45) is -2.66. The second-order valence-corrected chi connectivity index (χ2v) is 5.16. The lowest BCUT2D eigenvalue weighted by molar-refractivity contribution is -0.144. The van der Waals surface area contributed by atoms with Crippen LogP contribution < -0.4 is 5.32 Å². The van der Waals surface area contributed by atoms with Crippen LogP contribution in [0.4, 0.5) is 13.2 Å². The minimum Gasteiger partial charge on any atom is -0.376 e. The van der Waals surface area contributed by atoms with E-state index in [2.05, 4.69) is 15.3 Å². The molecule has 0 unspecified atom stereocenters. The normalized spacial score (nSPS) is 18.8. The molecule has 2 aromatic rings. The molecule has 1 saturated heterocycles. The molecule has 118 valence electrons. The van der Waals surface area contributed by atoms with Gasteiger partial charge in [0.05, 0.1) is 17.1 Å². The number of alkyl halides is 3. The SMILES string of the molecule is O=C(NC[C@@H]1CCCO1)c1ccc2nc(C(F)(F)F)[nH]c2c1. The van der Waals surface area contributed by atoms with E-state index in [1.54, 1.807) is 0 Å². The number of fused-ring (bicyclic) bond motifs is 1. The summed E-state index contributed by atoms with van der Waals surface area (Å²) >= 11 is 0. The predicted octanol–water partition coefficient (Wildman–Crippen LogP) is 2.49. The third kappa shape index (κ3) is 3.06. The first kappa shape index (κ1) is 14.8. The van der Waals surface area contributed by atoms with Gasteiger partial charge in [-0.1, -0.05) is 0 Å². The molecule has 1 aliphatic rings. The number of carbonyl (C=O) groups is 1. The van der Waals surface area contributed by atoms with Crippen molar-refractivity contribution in [2.45, 2.75) is 25.1 Å². The highest BCUT2D eigenvalue weighted by molar-refractivity contribution is 5.97. The van der Waals surface area contributed by atoms with Crippen LogP contribution >= 0.6 is 0 Å². The van der Waals surface area contributed by atoms with Gasteiger partial charge >= 0.3 is 6.18 Å². The minimum absolute atomic E-state index is 0.0108. The topological polar surface area (TPSA) is 67.0 Å². The lowest BCUT2D eigenvalue weighted by Gasteiger charge is -2.10. The third-order valence-electron chi connectivity index (χ3n) is 3.53. The summed E-state index contributed by atoms with van der Waals surface area (Å²) in [7, 11) is 0. The van der Waals surface area contributed by atoms with Crippen LogP contribution in [0.1, 0.15) is 29.0 Å². The molecule has 1 aliphatic heterocycles. The van der Waals surface area contributed by atoms with E-state index in [-0.39, 0.29) is 28.6 Å². The second kappa shape index (κ2) is 5.60. The van der Waals surface area contributed by atoms with Crippen LogP contribution in [0.5, 0.6) is 0 Å². The molecule has 1 amide bonds. The Morgan fingerprint density at radius 2 is 2.27 bits per heavy atom. The molecule has 2 heterocycles. The van der Waals surface area contributed by atoms with Gasteiger partial charge in [0.15, 0.2) is 0 Å². The zero-order valence-corrected chi connectivity index (χ0v) is 11.5. The van der Waals surface area contributed by atoms with Crippen molar-refractivity contribution in [3.05, 3.63) is 29.6 Å². The number of nitrogens with zero attached hydrogens (tertiary/aromatic N) is 1. The Kier molecular flexibility index (Phi) is 3.78. The van der Waals surface area contributed by atoms with Crippen LogP contribution in [0.3, 0.4) is 0 Å². The molecule has 5 nitrogen and oxygen atoms in total. The van der Waals surface area contributed by atoms with Gasteiger partial charge in [0.25, 0.3) is 5.91 Å². The average molecular weight is 313 g/mol. The molecule has 0 radical (unpaired) electrons. The first-order chi connectivity index (χ1) is 10.4. The Hall–Kier alpha value is -2.09. The lowest BCUT2D eigenvalue weighted by Crippen LogP contribution is -2.31. The van der Waals surface area contributed by atoms with Gasteiger partial charge in [0.2, 0.25) is 5.82 Å². The summed E-state index contributed by atoms with van der Waals surface area (Å²) in [4.78, 5) is 17.7. The molecule has 1 aromatic carbocycles. The number of amides is 1. The number of hydrogen-bond acceptors (Lipinski definition) is 3. The van der Waals surface area contributed by atoms with Crippen LogP contribution in [0.2, 0.25) is 0 Å². The summed E-state index contributed by atoms with van der Waals surface area (Å²) in [6.45, 7) is 1.09. The second-order valence-electron chi connectivity index (χ2n) is 5.16. The molecule has 0 aliphatic carbocycles. The molecule has 1 aromatic heterocycles. The van der Waals surface area contributed by atoms with E-state index in [0.717, 1.165) is 12.8 Å². The Bertz CT molecular complexity index is 690. The van der Waals surface area contributed by atoms with Crippen LogP contribution in [-0.4, -0.2) is 35.1 Å². The number of nitrogens with one attached hydrogen (secondary N) is 2. The van der Waals surface area contributed by atoms with Crippen molar-refractivity contribution in [1.82, 2.24) is 15.3 Å². The van der Waals surface area contributed by atoms with E-state index in [1.807, 2.05) is 0 Å². The van der Waals surface area contributed by atoms with Crippen molar-refractivity contribution < 1.29 is 22.7 Å². The highest BCUT2D eigenvalue weighted by atomic mass is 19.4. The molecule has 1 fully saturated rings. The summed E-state index contributed by atoms with van der Waals surface area (Å²) in [5.74, 6) is -1.42. The zero-order chi connectivity index (χ0) is 15.7. The number of aromatic amines is 1.